The number of carbonyl (C=O) groups is 2. The number of H-pyrrole nitrogens is 1. The van der Waals surface area contributed by atoms with Crippen LogP contribution in [0.1, 0.15) is 100 Å². The van der Waals surface area contributed by atoms with Crippen LogP contribution >= 0.6 is 35.0 Å². The number of carbonyl (C=O) groups excluding carboxylic acids is 2. The van der Waals surface area contributed by atoms with Gasteiger partial charge in [-0.1, -0.05) is 87.3 Å². The van der Waals surface area contributed by atoms with Crippen molar-refractivity contribution >= 4 is 46.8 Å². The monoisotopic (exact) mass is 565 g/mol. The van der Waals surface area contributed by atoms with Gasteiger partial charge in [-0.15, -0.1) is 5.10 Å². The van der Waals surface area contributed by atoms with Crippen molar-refractivity contribution in [1.82, 2.24) is 25.4 Å². The fraction of sp³-hybridized carbons (Fsp3) is 0.630. The van der Waals surface area contributed by atoms with Gasteiger partial charge in [0.15, 0.2) is 0 Å². The van der Waals surface area contributed by atoms with Crippen LogP contribution in [-0.2, 0) is 4.79 Å². The minimum atomic E-state index is -0.391. The number of halogens is 2. The zero-order valence-corrected chi connectivity index (χ0v) is 24.0. The summed E-state index contributed by atoms with van der Waals surface area (Å²) in [6.07, 6.45) is 11.9. The van der Waals surface area contributed by atoms with Crippen LogP contribution < -0.4 is 5.32 Å². The number of amides is 2. The Hall–Kier alpha value is -1.77. The molecule has 2 saturated carbocycles. The van der Waals surface area contributed by atoms with Crippen LogP contribution in [0.2, 0.25) is 10.0 Å². The summed E-state index contributed by atoms with van der Waals surface area (Å²) in [4.78, 5) is 33.2. The van der Waals surface area contributed by atoms with E-state index < -0.39 is 6.04 Å². The van der Waals surface area contributed by atoms with Gasteiger partial charge >= 0.3 is 0 Å². The van der Waals surface area contributed by atoms with Crippen LogP contribution in [0, 0.1) is 5.92 Å². The molecule has 7 nitrogen and oxygen atoms in total. The van der Waals surface area contributed by atoms with Gasteiger partial charge in [0.25, 0.3) is 5.91 Å². The molecule has 1 aromatic heterocycles. The number of benzene rings is 1. The smallest absolute Gasteiger partial charge is 0.253 e. The van der Waals surface area contributed by atoms with Crippen LogP contribution in [0.3, 0.4) is 0 Å². The highest BCUT2D eigenvalue weighted by Gasteiger charge is 2.32. The summed E-state index contributed by atoms with van der Waals surface area (Å²) in [6.45, 7) is 4.00. The van der Waals surface area contributed by atoms with E-state index in [1.807, 2.05) is 13.8 Å². The average molecular weight is 567 g/mol. The summed E-state index contributed by atoms with van der Waals surface area (Å²) >= 11 is 13.6. The maximum absolute atomic E-state index is 13.5. The van der Waals surface area contributed by atoms with Gasteiger partial charge in [0.05, 0.1) is 22.4 Å². The van der Waals surface area contributed by atoms with Crippen molar-refractivity contribution in [3.8, 4) is 0 Å². The molecule has 4 rings (SSSR count). The number of hydrogen-bond donors (Lipinski definition) is 2. The first-order valence-corrected chi connectivity index (χ1v) is 15.2. The van der Waals surface area contributed by atoms with Crippen LogP contribution in [0.5, 0.6) is 0 Å². The maximum atomic E-state index is 13.5. The molecule has 2 aromatic rings. The minimum Gasteiger partial charge on any atom is -0.342 e. The van der Waals surface area contributed by atoms with Crippen molar-refractivity contribution in [1.29, 1.82) is 0 Å². The van der Waals surface area contributed by atoms with E-state index in [4.69, 9.17) is 23.2 Å². The van der Waals surface area contributed by atoms with Crippen molar-refractivity contribution < 1.29 is 9.59 Å². The molecule has 0 radical (unpaired) electrons. The molecule has 0 aliphatic heterocycles. The third kappa shape index (κ3) is 7.42. The van der Waals surface area contributed by atoms with Crippen molar-refractivity contribution in [3.63, 3.8) is 0 Å². The van der Waals surface area contributed by atoms with Gasteiger partial charge in [-0.2, -0.15) is 0 Å². The predicted octanol–water partition coefficient (Wildman–Crippen LogP) is 6.82. The second-order valence-electron chi connectivity index (χ2n) is 10.5. The minimum absolute atomic E-state index is 0.0514. The maximum Gasteiger partial charge on any atom is 0.253 e. The molecule has 2 amide bonds. The molecule has 2 aliphatic rings. The van der Waals surface area contributed by atoms with Crippen molar-refractivity contribution in [2.45, 2.75) is 101 Å². The lowest BCUT2D eigenvalue weighted by molar-refractivity contribution is -0.135. The van der Waals surface area contributed by atoms with E-state index in [1.54, 1.807) is 18.2 Å². The summed E-state index contributed by atoms with van der Waals surface area (Å²) < 4.78 is 0. The molecular weight excluding hydrogens is 529 g/mol. The molecule has 0 saturated heterocycles. The molecule has 202 valence electrons. The first-order valence-electron chi connectivity index (χ1n) is 13.5. The summed E-state index contributed by atoms with van der Waals surface area (Å²) in [5, 5.41) is 11.6. The fourth-order valence-corrected chi connectivity index (χ4v) is 6.70. The summed E-state index contributed by atoms with van der Waals surface area (Å²) in [5.41, 5.74) is 0.349. The molecule has 0 spiro atoms. The first kappa shape index (κ1) is 28.2. The van der Waals surface area contributed by atoms with Gasteiger partial charge < -0.3 is 10.2 Å². The molecular formula is C27H37Cl2N5O2S. The number of rotatable bonds is 9. The Balaban J connectivity index is 1.40. The second-order valence-corrected chi connectivity index (χ2v) is 12.3. The standard InChI is InChI=1S/C27H37Cl2N5O2S/c1-17(2)24(30-26(36)21-14-13-18(28)15-22(21)29)25-31-27(33-32-25)37-16-23(35)34(19-9-5-3-6-10-19)20-11-7-4-8-12-20/h13-15,17,19-20,24H,3-12,16H2,1-2H3,(H,30,36)(H,31,32,33)/t24-/m0/s1. The largest absolute Gasteiger partial charge is 0.342 e. The average Bonchev–Trinajstić information content (AvgIpc) is 3.36. The number of nitrogens with one attached hydrogen (secondary N) is 2. The molecule has 0 bridgehead atoms. The van der Waals surface area contributed by atoms with E-state index >= 15 is 0 Å². The normalized spacial score (nSPS) is 18.1. The molecule has 2 fully saturated rings. The lowest BCUT2D eigenvalue weighted by atomic mass is 9.88. The highest BCUT2D eigenvalue weighted by atomic mass is 35.5. The van der Waals surface area contributed by atoms with E-state index in [1.165, 1.54) is 50.3 Å². The van der Waals surface area contributed by atoms with E-state index in [0.717, 1.165) is 25.7 Å². The molecule has 10 heteroatoms. The van der Waals surface area contributed by atoms with Crippen LogP contribution in [0.15, 0.2) is 23.4 Å². The Morgan fingerprint density at radius 2 is 1.68 bits per heavy atom. The Morgan fingerprint density at radius 1 is 1.05 bits per heavy atom. The summed E-state index contributed by atoms with van der Waals surface area (Å²) in [6, 6.07) is 5.14. The van der Waals surface area contributed by atoms with Gasteiger partial charge in [0, 0.05) is 17.1 Å². The lowest BCUT2D eigenvalue weighted by Crippen LogP contribution is -2.49. The highest BCUT2D eigenvalue weighted by molar-refractivity contribution is 7.99. The Kier molecular flexibility index (Phi) is 10.2. The summed E-state index contributed by atoms with van der Waals surface area (Å²) in [5.74, 6) is 0.817. The SMILES string of the molecule is CC(C)[C@H](NC(=O)c1ccc(Cl)cc1Cl)c1nc(SCC(=O)N(C2CCCCC2)C2CCCCC2)n[nH]1. The zero-order valence-electron chi connectivity index (χ0n) is 21.6. The van der Waals surface area contributed by atoms with Gasteiger partial charge in [-0.05, 0) is 49.8 Å². The first-order chi connectivity index (χ1) is 17.8. The van der Waals surface area contributed by atoms with Crippen LogP contribution in [0.25, 0.3) is 0 Å². The molecule has 2 aliphatic carbocycles. The van der Waals surface area contributed by atoms with E-state index in [-0.39, 0.29) is 17.7 Å². The Morgan fingerprint density at radius 3 is 2.24 bits per heavy atom. The van der Waals surface area contributed by atoms with Gasteiger partial charge in [-0.25, -0.2) is 4.98 Å². The number of thioether (sulfide) groups is 1. The van der Waals surface area contributed by atoms with Crippen molar-refractivity contribution in [3.05, 3.63) is 39.6 Å². The number of aromatic nitrogens is 3. The van der Waals surface area contributed by atoms with Gasteiger partial charge in [-0.3, -0.25) is 14.7 Å². The molecule has 0 unspecified atom stereocenters. The van der Waals surface area contributed by atoms with E-state index in [2.05, 4.69) is 25.4 Å². The second kappa shape index (κ2) is 13.3. The van der Waals surface area contributed by atoms with Crippen LogP contribution in [0.4, 0.5) is 0 Å². The van der Waals surface area contributed by atoms with Crippen molar-refractivity contribution in [2.24, 2.45) is 5.92 Å². The Bertz CT molecular complexity index is 1050. The van der Waals surface area contributed by atoms with Gasteiger partial charge in [0.2, 0.25) is 11.1 Å². The van der Waals surface area contributed by atoms with E-state index in [9.17, 15) is 9.59 Å². The van der Waals surface area contributed by atoms with Gasteiger partial charge in [0.1, 0.15) is 5.82 Å². The van der Waals surface area contributed by atoms with Crippen LogP contribution in [-0.4, -0.2) is 49.7 Å². The lowest BCUT2D eigenvalue weighted by Gasteiger charge is -2.41. The quantitative estimate of drug-likeness (QED) is 0.325. The summed E-state index contributed by atoms with van der Waals surface area (Å²) in [7, 11) is 0. The third-order valence-electron chi connectivity index (χ3n) is 7.45. The number of nitrogens with zero attached hydrogens (tertiary/aromatic N) is 3. The topological polar surface area (TPSA) is 91.0 Å². The molecule has 1 atom stereocenters. The number of aromatic amines is 1. The molecule has 1 aromatic carbocycles. The highest BCUT2D eigenvalue weighted by Crippen LogP contribution is 2.31. The Labute approximate surface area is 233 Å². The van der Waals surface area contributed by atoms with Crippen molar-refractivity contribution in [2.75, 3.05) is 5.75 Å². The van der Waals surface area contributed by atoms with E-state index in [0.29, 0.717) is 44.4 Å². The molecule has 37 heavy (non-hydrogen) atoms. The molecule has 2 N–H and O–H groups in total. The third-order valence-corrected chi connectivity index (χ3v) is 8.83. The number of hydrogen-bond acceptors (Lipinski definition) is 5. The fourth-order valence-electron chi connectivity index (χ4n) is 5.53. The molecule has 1 heterocycles. The predicted molar refractivity (Wildman–Crippen MR) is 149 cm³/mol. The zero-order chi connectivity index (χ0) is 26.4.